The van der Waals surface area contributed by atoms with Gasteiger partial charge in [-0.2, -0.15) is 0 Å². The molecule has 1 aromatic heterocycles. The number of hydrogen-bond acceptors (Lipinski definition) is 3. The number of hydrogen-bond donors (Lipinski definition) is 1. The normalized spacial score (nSPS) is 10.4. The Morgan fingerprint density at radius 2 is 2.21 bits per heavy atom. The van der Waals surface area contributed by atoms with Gasteiger partial charge < -0.3 is 5.32 Å². The molecule has 0 radical (unpaired) electrons. The maximum Gasteiger partial charge on any atom is 0.224 e. The highest BCUT2D eigenvalue weighted by molar-refractivity contribution is 7.09. The number of carbonyl (C=O) groups excluding carboxylic acids is 1. The highest BCUT2D eigenvalue weighted by atomic mass is 32.1. The number of carbonyl (C=O) groups is 1. The Bertz CT molecular complexity index is 563. The van der Waals surface area contributed by atoms with Crippen molar-refractivity contribution >= 4 is 17.2 Å². The predicted molar refractivity (Wildman–Crippen MR) is 78.4 cm³/mol. The molecule has 0 atom stereocenters. The van der Waals surface area contributed by atoms with Gasteiger partial charge in [-0.3, -0.25) is 4.79 Å². The van der Waals surface area contributed by atoms with E-state index in [2.05, 4.69) is 10.3 Å². The number of amides is 1. The summed E-state index contributed by atoms with van der Waals surface area (Å²) in [5, 5.41) is 6.04. The fourth-order valence-electron chi connectivity index (χ4n) is 1.90. The van der Waals surface area contributed by atoms with Gasteiger partial charge in [0.15, 0.2) is 0 Å². The van der Waals surface area contributed by atoms with E-state index < -0.39 is 0 Å². The minimum atomic E-state index is 0.0684. The topological polar surface area (TPSA) is 42.0 Å². The summed E-state index contributed by atoms with van der Waals surface area (Å²) >= 11 is 1.64. The van der Waals surface area contributed by atoms with Crippen LogP contribution in [0.3, 0.4) is 0 Å². The molecule has 0 fully saturated rings. The number of rotatable bonds is 5. The molecule has 0 bridgehead atoms. The van der Waals surface area contributed by atoms with E-state index in [1.54, 1.807) is 11.3 Å². The second kappa shape index (κ2) is 6.48. The molecule has 0 saturated heterocycles. The van der Waals surface area contributed by atoms with Crippen LogP contribution in [0.15, 0.2) is 29.6 Å². The summed E-state index contributed by atoms with van der Waals surface area (Å²) in [6, 6.07) is 8.04. The third-order valence-electron chi connectivity index (χ3n) is 2.77. The summed E-state index contributed by atoms with van der Waals surface area (Å²) in [6.45, 7) is 4.67. The Balaban J connectivity index is 1.76. The summed E-state index contributed by atoms with van der Waals surface area (Å²) < 4.78 is 0. The second-order valence-electron chi connectivity index (χ2n) is 4.65. The van der Waals surface area contributed by atoms with Crippen molar-refractivity contribution in [2.24, 2.45) is 0 Å². The summed E-state index contributed by atoms with van der Waals surface area (Å²) in [4.78, 5) is 16.2. The molecule has 2 rings (SSSR count). The van der Waals surface area contributed by atoms with Crippen molar-refractivity contribution in [3.63, 3.8) is 0 Å². The molecule has 1 N–H and O–H groups in total. The van der Waals surface area contributed by atoms with Gasteiger partial charge in [0.25, 0.3) is 0 Å². The Morgan fingerprint density at radius 1 is 1.37 bits per heavy atom. The average molecular weight is 274 g/mol. The molecular formula is C15H18N2OS. The van der Waals surface area contributed by atoms with Gasteiger partial charge in [-0.15, -0.1) is 11.3 Å². The van der Waals surface area contributed by atoms with Gasteiger partial charge in [-0.25, -0.2) is 4.98 Å². The lowest BCUT2D eigenvalue weighted by Gasteiger charge is -2.04. The Kier molecular flexibility index (Phi) is 4.68. The van der Waals surface area contributed by atoms with Crippen LogP contribution in [0.25, 0.3) is 0 Å². The smallest absolute Gasteiger partial charge is 0.224 e. The zero-order valence-corrected chi connectivity index (χ0v) is 12.1. The Morgan fingerprint density at radius 3 is 2.89 bits per heavy atom. The van der Waals surface area contributed by atoms with Crippen molar-refractivity contribution in [1.82, 2.24) is 10.3 Å². The first-order valence-electron chi connectivity index (χ1n) is 6.37. The van der Waals surface area contributed by atoms with Crippen LogP contribution in [0, 0.1) is 13.8 Å². The van der Waals surface area contributed by atoms with E-state index in [9.17, 15) is 4.79 Å². The van der Waals surface area contributed by atoms with Crippen LogP contribution in [-0.4, -0.2) is 17.4 Å². The summed E-state index contributed by atoms with van der Waals surface area (Å²) in [5.74, 6) is 0.0684. The molecule has 3 nitrogen and oxygen atoms in total. The van der Waals surface area contributed by atoms with Crippen LogP contribution < -0.4 is 5.32 Å². The molecule has 1 aromatic carbocycles. The van der Waals surface area contributed by atoms with Crippen molar-refractivity contribution in [1.29, 1.82) is 0 Å². The zero-order valence-electron chi connectivity index (χ0n) is 11.3. The van der Waals surface area contributed by atoms with Crippen molar-refractivity contribution in [2.75, 3.05) is 6.54 Å². The third kappa shape index (κ3) is 4.48. The standard InChI is InChI=1S/C15H18N2OS/c1-11-4-3-5-13(8-11)9-14(18)16-7-6-15-17-12(2)10-19-15/h3-5,8,10H,6-7,9H2,1-2H3,(H,16,18). The first-order valence-corrected chi connectivity index (χ1v) is 7.25. The first-order chi connectivity index (χ1) is 9.13. The number of aromatic nitrogens is 1. The molecule has 1 amide bonds. The maximum absolute atomic E-state index is 11.8. The van der Waals surface area contributed by atoms with E-state index in [4.69, 9.17) is 0 Å². The Hall–Kier alpha value is -1.68. The largest absolute Gasteiger partial charge is 0.355 e. The van der Waals surface area contributed by atoms with Crippen LogP contribution in [-0.2, 0) is 17.6 Å². The fourth-order valence-corrected chi connectivity index (χ4v) is 2.67. The van der Waals surface area contributed by atoms with E-state index in [-0.39, 0.29) is 5.91 Å². The molecule has 0 unspecified atom stereocenters. The van der Waals surface area contributed by atoms with Gasteiger partial charge in [-0.05, 0) is 19.4 Å². The minimum Gasteiger partial charge on any atom is -0.355 e. The monoisotopic (exact) mass is 274 g/mol. The number of benzene rings is 1. The fraction of sp³-hybridized carbons (Fsp3) is 0.333. The first kappa shape index (κ1) is 13.7. The van der Waals surface area contributed by atoms with Crippen molar-refractivity contribution in [3.8, 4) is 0 Å². The Labute approximate surface area is 117 Å². The summed E-state index contributed by atoms with van der Waals surface area (Å²) in [5.41, 5.74) is 3.29. The molecule has 1 heterocycles. The van der Waals surface area contributed by atoms with E-state index >= 15 is 0 Å². The van der Waals surface area contributed by atoms with Crippen LogP contribution in [0.1, 0.15) is 21.8 Å². The highest BCUT2D eigenvalue weighted by Gasteiger charge is 2.04. The van der Waals surface area contributed by atoms with Crippen LogP contribution >= 0.6 is 11.3 Å². The summed E-state index contributed by atoms with van der Waals surface area (Å²) in [6.07, 6.45) is 1.25. The maximum atomic E-state index is 11.8. The lowest BCUT2D eigenvalue weighted by Crippen LogP contribution is -2.27. The van der Waals surface area contributed by atoms with Gasteiger partial charge in [0.05, 0.1) is 11.4 Å². The van der Waals surface area contributed by atoms with Gasteiger partial charge in [0.1, 0.15) is 0 Å². The molecule has 4 heteroatoms. The molecule has 2 aromatic rings. The molecule has 19 heavy (non-hydrogen) atoms. The van der Waals surface area contributed by atoms with E-state index in [0.29, 0.717) is 13.0 Å². The molecule has 0 saturated carbocycles. The molecule has 0 spiro atoms. The minimum absolute atomic E-state index is 0.0684. The van der Waals surface area contributed by atoms with Crippen LogP contribution in [0.4, 0.5) is 0 Å². The molecule has 100 valence electrons. The van der Waals surface area contributed by atoms with Crippen molar-refractivity contribution in [2.45, 2.75) is 26.7 Å². The second-order valence-corrected chi connectivity index (χ2v) is 5.59. The van der Waals surface area contributed by atoms with Gasteiger partial charge in [0.2, 0.25) is 5.91 Å². The van der Waals surface area contributed by atoms with E-state index in [1.807, 2.05) is 43.5 Å². The van der Waals surface area contributed by atoms with E-state index in [1.165, 1.54) is 5.56 Å². The highest BCUT2D eigenvalue weighted by Crippen LogP contribution is 2.08. The third-order valence-corrected chi connectivity index (χ3v) is 3.80. The zero-order chi connectivity index (χ0) is 13.7. The van der Waals surface area contributed by atoms with Crippen molar-refractivity contribution in [3.05, 3.63) is 51.5 Å². The predicted octanol–water partition coefficient (Wildman–Crippen LogP) is 2.66. The number of thiazole rings is 1. The van der Waals surface area contributed by atoms with Gasteiger partial charge >= 0.3 is 0 Å². The molecule has 0 aliphatic heterocycles. The molecule has 0 aliphatic carbocycles. The van der Waals surface area contributed by atoms with E-state index in [0.717, 1.165) is 22.7 Å². The van der Waals surface area contributed by atoms with Crippen LogP contribution in [0.2, 0.25) is 0 Å². The number of aryl methyl sites for hydroxylation is 2. The SMILES string of the molecule is Cc1cccc(CC(=O)NCCc2nc(C)cs2)c1. The molecule has 0 aliphatic rings. The van der Waals surface area contributed by atoms with Crippen LogP contribution in [0.5, 0.6) is 0 Å². The average Bonchev–Trinajstić information content (AvgIpc) is 2.75. The number of nitrogens with one attached hydrogen (secondary N) is 1. The quantitative estimate of drug-likeness (QED) is 0.910. The lowest BCUT2D eigenvalue weighted by atomic mass is 10.1. The van der Waals surface area contributed by atoms with Crippen molar-refractivity contribution < 1.29 is 4.79 Å². The summed E-state index contributed by atoms with van der Waals surface area (Å²) in [7, 11) is 0. The van der Waals surface area contributed by atoms with Gasteiger partial charge in [0, 0.05) is 24.0 Å². The number of nitrogens with zero attached hydrogens (tertiary/aromatic N) is 1. The molecular weight excluding hydrogens is 256 g/mol. The lowest BCUT2D eigenvalue weighted by molar-refractivity contribution is -0.120. The van der Waals surface area contributed by atoms with Gasteiger partial charge in [-0.1, -0.05) is 29.8 Å².